The van der Waals surface area contributed by atoms with Gasteiger partial charge in [-0.3, -0.25) is 4.79 Å². The van der Waals surface area contributed by atoms with Crippen LogP contribution in [0.15, 0.2) is 24.3 Å². The second-order valence-corrected chi connectivity index (χ2v) is 12.0. The van der Waals surface area contributed by atoms with E-state index in [1.165, 1.54) is 13.5 Å². The molecule has 0 bridgehead atoms. The minimum Gasteiger partial charge on any atom is -0.453 e. The molecule has 4 amide bonds. The number of carbonyl (C=O) groups excluding carboxylic acids is 3. The molecule has 4 N–H and O–H groups in total. The van der Waals surface area contributed by atoms with E-state index >= 15 is 0 Å². The average Bonchev–Trinajstić information content (AvgIpc) is 3.00. The van der Waals surface area contributed by atoms with Crippen molar-refractivity contribution < 1.29 is 29.0 Å². The Balaban J connectivity index is 1.68. The maximum atomic E-state index is 13.6. The predicted molar refractivity (Wildman–Crippen MR) is 162 cm³/mol. The summed E-state index contributed by atoms with van der Waals surface area (Å²) in [5.41, 5.74) is 0.913. The number of piperidine rings is 1. The number of amides is 4. The molecule has 1 aliphatic carbocycles. The zero-order chi connectivity index (χ0) is 30.3. The number of likely N-dealkylation sites (tertiary alicyclic amines) is 1. The van der Waals surface area contributed by atoms with E-state index in [1.807, 2.05) is 31.2 Å². The Labute approximate surface area is 255 Å². The molecule has 4 atom stereocenters. The van der Waals surface area contributed by atoms with Gasteiger partial charge in [0.1, 0.15) is 0 Å². The zero-order valence-corrected chi connectivity index (χ0v) is 25.9. The van der Waals surface area contributed by atoms with Crippen LogP contribution >= 0.6 is 11.6 Å². The van der Waals surface area contributed by atoms with E-state index in [0.29, 0.717) is 37.0 Å². The molecule has 0 unspecified atom stereocenters. The number of aliphatic hydroxyl groups is 1. The van der Waals surface area contributed by atoms with E-state index in [4.69, 9.17) is 16.3 Å². The van der Waals surface area contributed by atoms with Crippen molar-refractivity contribution in [2.24, 2.45) is 11.8 Å². The number of aliphatic hydroxyl groups excluding tert-OH is 1. The SMILES string of the molecule is CCCNC(=O)C[C@H](O)[C@H](CC1CCCCC1)NC(=O)N1CCC[C@@H]([C@@H](OCCNC(=O)OC)c2cccc(Cl)c2)C1. The van der Waals surface area contributed by atoms with Crippen molar-refractivity contribution in [3.8, 4) is 0 Å². The van der Waals surface area contributed by atoms with Crippen LogP contribution in [0, 0.1) is 11.8 Å². The lowest BCUT2D eigenvalue weighted by molar-refractivity contribution is -0.123. The van der Waals surface area contributed by atoms with Crippen molar-refractivity contribution in [2.45, 2.75) is 89.4 Å². The number of hydrogen-bond acceptors (Lipinski definition) is 6. The van der Waals surface area contributed by atoms with Crippen molar-refractivity contribution in [2.75, 3.05) is 39.9 Å². The quantitative estimate of drug-likeness (QED) is 0.225. The molecule has 10 nitrogen and oxygen atoms in total. The molecular weight excluding hydrogens is 560 g/mol. The van der Waals surface area contributed by atoms with Crippen molar-refractivity contribution in [1.82, 2.24) is 20.9 Å². The van der Waals surface area contributed by atoms with Gasteiger partial charge >= 0.3 is 12.1 Å². The standard InChI is InChI=1S/C31H49ClN4O6/c1-3-14-33-28(38)20-27(37)26(18-22-9-5-4-6-10-22)35-30(39)36-16-8-12-24(21-36)29(23-11-7-13-25(32)19-23)42-17-15-34-31(40)41-2/h7,11,13,19,22,24,26-27,29,37H,3-6,8-10,12,14-18,20-21H2,1-2H3,(H,33,38)(H,34,40)(H,35,39)/t24-,26+,27+,29+/m1/s1. The Hall–Kier alpha value is -2.56. The van der Waals surface area contributed by atoms with Gasteiger partial charge in [-0.1, -0.05) is 62.8 Å². The predicted octanol–water partition coefficient (Wildman–Crippen LogP) is 4.79. The van der Waals surface area contributed by atoms with Crippen LogP contribution in [0.25, 0.3) is 0 Å². The summed E-state index contributed by atoms with van der Waals surface area (Å²) in [7, 11) is 1.31. The highest BCUT2D eigenvalue weighted by molar-refractivity contribution is 6.30. The maximum Gasteiger partial charge on any atom is 0.406 e. The van der Waals surface area contributed by atoms with Gasteiger partial charge in [-0.15, -0.1) is 0 Å². The second-order valence-electron chi connectivity index (χ2n) is 11.5. The molecule has 3 rings (SSSR count). The van der Waals surface area contributed by atoms with Crippen LogP contribution in [0.3, 0.4) is 0 Å². The zero-order valence-electron chi connectivity index (χ0n) is 25.1. The first kappa shape index (κ1) is 33.9. The van der Waals surface area contributed by atoms with Gasteiger partial charge in [0.25, 0.3) is 0 Å². The summed E-state index contributed by atoms with van der Waals surface area (Å²) in [4.78, 5) is 39.3. The fourth-order valence-electron chi connectivity index (χ4n) is 6.05. The van der Waals surface area contributed by atoms with Crippen LogP contribution in [-0.2, 0) is 14.3 Å². The molecule has 42 heavy (non-hydrogen) atoms. The maximum absolute atomic E-state index is 13.6. The molecule has 236 valence electrons. The molecule has 2 fully saturated rings. The molecule has 1 aromatic carbocycles. The second kappa shape index (κ2) is 18.2. The summed E-state index contributed by atoms with van der Waals surface area (Å²) in [6.07, 6.45) is 6.99. The fraction of sp³-hybridized carbons (Fsp3) is 0.710. The lowest BCUT2D eigenvalue weighted by atomic mass is 9.83. The molecule has 1 heterocycles. The average molecular weight is 609 g/mol. The molecule has 1 aliphatic heterocycles. The van der Waals surface area contributed by atoms with Crippen LogP contribution < -0.4 is 16.0 Å². The molecule has 1 saturated heterocycles. The van der Waals surface area contributed by atoms with E-state index in [2.05, 4.69) is 20.7 Å². The first-order valence-corrected chi connectivity index (χ1v) is 15.9. The molecule has 0 aromatic heterocycles. The van der Waals surface area contributed by atoms with E-state index in [-0.39, 0.29) is 43.5 Å². The molecule has 0 radical (unpaired) electrons. The molecule has 11 heteroatoms. The van der Waals surface area contributed by atoms with Gasteiger partial charge in [-0.25, -0.2) is 9.59 Å². The highest BCUT2D eigenvalue weighted by Gasteiger charge is 2.34. The number of benzene rings is 1. The number of halogens is 1. The molecule has 0 spiro atoms. The molecule has 2 aliphatic rings. The summed E-state index contributed by atoms with van der Waals surface area (Å²) in [5, 5.41) is 20.3. The number of alkyl carbamates (subject to hydrolysis) is 1. The van der Waals surface area contributed by atoms with E-state index in [1.54, 1.807) is 4.90 Å². The van der Waals surface area contributed by atoms with Gasteiger partial charge in [0.05, 0.1) is 38.4 Å². The third kappa shape index (κ3) is 11.3. The number of nitrogens with zero attached hydrogens (tertiary/aromatic N) is 1. The monoisotopic (exact) mass is 608 g/mol. The van der Waals surface area contributed by atoms with Gasteiger partial charge in [0.2, 0.25) is 5.91 Å². The smallest absolute Gasteiger partial charge is 0.406 e. The Morgan fingerprint density at radius 2 is 1.88 bits per heavy atom. The van der Waals surface area contributed by atoms with Crippen molar-refractivity contribution >= 4 is 29.6 Å². The third-order valence-electron chi connectivity index (χ3n) is 8.26. The molecule has 1 aromatic rings. The summed E-state index contributed by atoms with van der Waals surface area (Å²) in [6, 6.07) is 6.79. The van der Waals surface area contributed by atoms with Crippen LogP contribution in [0.1, 0.15) is 82.8 Å². The Bertz CT molecular complexity index is 992. The van der Waals surface area contributed by atoms with E-state index in [0.717, 1.165) is 50.5 Å². The first-order valence-electron chi connectivity index (χ1n) is 15.5. The fourth-order valence-corrected chi connectivity index (χ4v) is 6.25. The minimum absolute atomic E-state index is 0.00244. The minimum atomic E-state index is -0.960. The number of nitrogens with one attached hydrogen (secondary N) is 3. The number of carbonyl (C=O) groups is 3. The summed E-state index contributed by atoms with van der Waals surface area (Å²) in [5.74, 6) is 0.224. The molecular formula is C31H49ClN4O6. The van der Waals surface area contributed by atoms with Crippen LogP contribution in [-0.4, -0.2) is 80.1 Å². The number of methoxy groups -OCH3 is 1. The van der Waals surface area contributed by atoms with Crippen molar-refractivity contribution in [3.63, 3.8) is 0 Å². The van der Waals surface area contributed by atoms with Gasteiger partial charge < -0.3 is 35.4 Å². The number of hydrogen-bond donors (Lipinski definition) is 4. The Morgan fingerprint density at radius 1 is 1.10 bits per heavy atom. The number of urea groups is 1. The topological polar surface area (TPSA) is 129 Å². The van der Waals surface area contributed by atoms with Crippen molar-refractivity contribution in [1.29, 1.82) is 0 Å². The Morgan fingerprint density at radius 3 is 2.60 bits per heavy atom. The largest absolute Gasteiger partial charge is 0.453 e. The van der Waals surface area contributed by atoms with Gasteiger partial charge in [-0.05, 0) is 49.3 Å². The number of ether oxygens (including phenoxy) is 2. The third-order valence-corrected chi connectivity index (χ3v) is 8.49. The van der Waals surface area contributed by atoms with E-state index < -0.39 is 18.2 Å². The van der Waals surface area contributed by atoms with Gasteiger partial charge in [0, 0.05) is 37.1 Å². The van der Waals surface area contributed by atoms with Crippen LogP contribution in [0.2, 0.25) is 5.02 Å². The summed E-state index contributed by atoms with van der Waals surface area (Å²) >= 11 is 6.30. The lowest BCUT2D eigenvalue weighted by Crippen LogP contribution is -2.53. The first-order chi connectivity index (χ1) is 20.3. The van der Waals surface area contributed by atoms with Crippen molar-refractivity contribution in [3.05, 3.63) is 34.9 Å². The Kier molecular flexibility index (Phi) is 14.7. The lowest BCUT2D eigenvalue weighted by Gasteiger charge is -2.38. The van der Waals surface area contributed by atoms with E-state index in [9.17, 15) is 19.5 Å². The highest BCUT2D eigenvalue weighted by Crippen LogP contribution is 2.34. The summed E-state index contributed by atoms with van der Waals surface area (Å²) in [6.45, 7) is 4.16. The van der Waals surface area contributed by atoms with Crippen LogP contribution in [0.5, 0.6) is 0 Å². The number of rotatable bonds is 14. The van der Waals surface area contributed by atoms with Crippen LogP contribution in [0.4, 0.5) is 9.59 Å². The molecule has 1 saturated carbocycles. The van der Waals surface area contributed by atoms with Gasteiger partial charge in [-0.2, -0.15) is 0 Å². The summed E-state index contributed by atoms with van der Waals surface area (Å²) < 4.78 is 10.9. The van der Waals surface area contributed by atoms with Gasteiger partial charge in [0.15, 0.2) is 0 Å². The normalized spacial score (nSPS) is 19.8. The highest BCUT2D eigenvalue weighted by atomic mass is 35.5.